The predicted octanol–water partition coefficient (Wildman–Crippen LogP) is 4.80. The summed E-state index contributed by atoms with van der Waals surface area (Å²) in [5.41, 5.74) is 3.96. The maximum atomic E-state index is 12.5. The van der Waals surface area contributed by atoms with Crippen molar-refractivity contribution in [2.24, 2.45) is 0 Å². The van der Waals surface area contributed by atoms with E-state index in [1.54, 1.807) is 11.3 Å². The van der Waals surface area contributed by atoms with Crippen LogP contribution < -0.4 is 15.4 Å². The zero-order valence-corrected chi connectivity index (χ0v) is 15.5. The molecule has 0 saturated heterocycles. The number of amides is 1. The summed E-state index contributed by atoms with van der Waals surface area (Å²) >= 11 is 1.63. The highest BCUT2D eigenvalue weighted by atomic mass is 32.1. The number of nitrogens with one attached hydrogen (secondary N) is 2. The second-order valence-corrected chi connectivity index (χ2v) is 7.61. The third kappa shape index (κ3) is 3.18. The molecule has 0 radical (unpaired) electrons. The number of thiophene rings is 1. The SMILES string of the molecule is Cc1sc2c(c1C)C(=O)NC(c1ccc(OCc3ccccc3)cc1)N2. The molecule has 4 rings (SSSR count). The molecule has 132 valence electrons. The number of benzene rings is 2. The summed E-state index contributed by atoms with van der Waals surface area (Å²) in [6.45, 7) is 4.57. The second-order valence-electron chi connectivity index (χ2n) is 6.38. The number of ether oxygens (including phenoxy) is 1. The van der Waals surface area contributed by atoms with Crippen LogP contribution in [0.2, 0.25) is 0 Å². The number of fused-ring (bicyclic) bond motifs is 1. The molecule has 1 aliphatic heterocycles. The van der Waals surface area contributed by atoms with E-state index in [-0.39, 0.29) is 12.1 Å². The van der Waals surface area contributed by atoms with Gasteiger partial charge in [0.15, 0.2) is 0 Å². The molecule has 0 spiro atoms. The molecule has 2 heterocycles. The molecule has 0 saturated carbocycles. The molecule has 0 bridgehead atoms. The molecule has 2 aromatic carbocycles. The summed E-state index contributed by atoms with van der Waals surface area (Å²) in [5, 5.41) is 7.41. The quantitative estimate of drug-likeness (QED) is 0.699. The number of aryl methyl sites for hydroxylation is 1. The van der Waals surface area contributed by atoms with E-state index in [9.17, 15) is 4.79 Å². The fraction of sp³-hybridized carbons (Fsp3) is 0.190. The first-order valence-electron chi connectivity index (χ1n) is 8.56. The van der Waals surface area contributed by atoms with Gasteiger partial charge in [0.1, 0.15) is 23.5 Å². The van der Waals surface area contributed by atoms with Crippen molar-refractivity contribution in [3.05, 3.63) is 81.7 Å². The van der Waals surface area contributed by atoms with Crippen LogP contribution in [0.3, 0.4) is 0 Å². The van der Waals surface area contributed by atoms with Crippen molar-refractivity contribution in [3.63, 3.8) is 0 Å². The Morgan fingerprint density at radius 1 is 1.00 bits per heavy atom. The van der Waals surface area contributed by atoms with Crippen LogP contribution in [0.25, 0.3) is 0 Å². The number of carbonyl (C=O) groups is 1. The molecule has 0 fully saturated rings. The number of rotatable bonds is 4. The first kappa shape index (κ1) is 16.7. The van der Waals surface area contributed by atoms with Crippen molar-refractivity contribution in [1.82, 2.24) is 5.32 Å². The van der Waals surface area contributed by atoms with E-state index in [0.717, 1.165) is 33.0 Å². The molecular formula is C21H20N2O2S. The van der Waals surface area contributed by atoms with Gasteiger partial charge in [0.25, 0.3) is 5.91 Å². The van der Waals surface area contributed by atoms with Crippen LogP contribution >= 0.6 is 11.3 Å². The molecule has 1 aliphatic rings. The molecule has 1 atom stereocenters. The lowest BCUT2D eigenvalue weighted by Crippen LogP contribution is -2.38. The second kappa shape index (κ2) is 6.84. The minimum absolute atomic E-state index is 0.0185. The van der Waals surface area contributed by atoms with Crippen LogP contribution in [0.4, 0.5) is 5.00 Å². The normalized spacial score (nSPS) is 15.8. The van der Waals surface area contributed by atoms with Crippen LogP contribution in [0, 0.1) is 13.8 Å². The smallest absolute Gasteiger partial charge is 0.256 e. The van der Waals surface area contributed by atoms with Gasteiger partial charge in [0.05, 0.1) is 5.56 Å². The predicted molar refractivity (Wildman–Crippen MR) is 105 cm³/mol. The summed E-state index contributed by atoms with van der Waals surface area (Å²) in [4.78, 5) is 13.6. The maximum absolute atomic E-state index is 12.5. The van der Waals surface area contributed by atoms with Crippen molar-refractivity contribution in [2.75, 3.05) is 5.32 Å². The Labute approximate surface area is 156 Å². The molecule has 1 amide bonds. The van der Waals surface area contributed by atoms with Gasteiger partial charge in [-0.25, -0.2) is 0 Å². The third-order valence-corrected chi connectivity index (χ3v) is 5.76. The van der Waals surface area contributed by atoms with E-state index in [4.69, 9.17) is 4.74 Å². The number of hydrogen-bond acceptors (Lipinski definition) is 4. The molecule has 26 heavy (non-hydrogen) atoms. The van der Waals surface area contributed by atoms with E-state index in [0.29, 0.717) is 6.61 Å². The summed E-state index contributed by atoms with van der Waals surface area (Å²) in [6, 6.07) is 17.9. The fourth-order valence-electron chi connectivity index (χ4n) is 3.04. The van der Waals surface area contributed by atoms with Crippen molar-refractivity contribution in [3.8, 4) is 5.75 Å². The van der Waals surface area contributed by atoms with Gasteiger partial charge in [-0.3, -0.25) is 4.79 Å². The fourth-order valence-corrected chi connectivity index (χ4v) is 4.12. The van der Waals surface area contributed by atoms with Crippen LogP contribution in [0.15, 0.2) is 54.6 Å². The van der Waals surface area contributed by atoms with E-state index in [1.807, 2.05) is 68.4 Å². The highest BCUT2D eigenvalue weighted by Crippen LogP contribution is 2.37. The zero-order chi connectivity index (χ0) is 18.1. The number of anilines is 1. The van der Waals surface area contributed by atoms with Gasteiger partial charge in [0.2, 0.25) is 0 Å². The van der Waals surface area contributed by atoms with Crippen molar-refractivity contribution >= 4 is 22.2 Å². The molecule has 1 aromatic heterocycles. The van der Waals surface area contributed by atoms with Gasteiger partial charge in [0, 0.05) is 4.88 Å². The Morgan fingerprint density at radius 2 is 1.73 bits per heavy atom. The van der Waals surface area contributed by atoms with Gasteiger partial charge in [-0.05, 0) is 42.7 Å². The van der Waals surface area contributed by atoms with E-state index < -0.39 is 0 Å². The Morgan fingerprint density at radius 3 is 2.46 bits per heavy atom. The number of hydrogen-bond donors (Lipinski definition) is 2. The molecule has 1 unspecified atom stereocenters. The first-order chi connectivity index (χ1) is 12.6. The monoisotopic (exact) mass is 364 g/mol. The van der Waals surface area contributed by atoms with E-state index in [2.05, 4.69) is 10.6 Å². The minimum atomic E-state index is -0.226. The van der Waals surface area contributed by atoms with Crippen LogP contribution in [0.1, 0.15) is 38.1 Å². The highest BCUT2D eigenvalue weighted by Gasteiger charge is 2.28. The Balaban J connectivity index is 1.46. The van der Waals surface area contributed by atoms with Crippen LogP contribution in [-0.4, -0.2) is 5.91 Å². The van der Waals surface area contributed by atoms with Gasteiger partial charge in [-0.15, -0.1) is 11.3 Å². The maximum Gasteiger partial charge on any atom is 0.256 e. The van der Waals surface area contributed by atoms with Crippen molar-refractivity contribution in [1.29, 1.82) is 0 Å². The largest absolute Gasteiger partial charge is 0.489 e. The summed E-state index contributed by atoms with van der Waals surface area (Å²) < 4.78 is 5.83. The average Bonchev–Trinajstić information content (AvgIpc) is 2.95. The van der Waals surface area contributed by atoms with Crippen molar-refractivity contribution in [2.45, 2.75) is 26.6 Å². The van der Waals surface area contributed by atoms with Gasteiger partial charge >= 0.3 is 0 Å². The lowest BCUT2D eigenvalue weighted by atomic mass is 10.1. The van der Waals surface area contributed by atoms with E-state index >= 15 is 0 Å². The van der Waals surface area contributed by atoms with Gasteiger partial charge in [-0.2, -0.15) is 0 Å². The standard InChI is InChI=1S/C21H20N2O2S/c1-13-14(2)26-21-18(13)20(24)22-19(23-21)16-8-10-17(11-9-16)25-12-15-6-4-3-5-7-15/h3-11,19,23H,12H2,1-2H3,(H,22,24). The average molecular weight is 364 g/mol. The lowest BCUT2D eigenvalue weighted by Gasteiger charge is -2.26. The molecule has 5 heteroatoms. The molecular weight excluding hydrogens is 344 g/mol. The Hall–Kier alpha value is -2.79. The van der Waals surface area contributed by atoms with Crippen LogP contribution in [0.5, 0.6) is 5.75 Å². The third-order valence-electron chi connectivity index (χ3n) is 4.62. The summed E-state index contributed by atoms with van der Waals surface area (Å²) in [5.74, 6) is 0.790. The van der Waals surface area contributed by atoms with Gasteiger partial charge < -0.3 is 15.4 Å². The van der Waals surface area contributed by atoms with Crippen molar-refractivity contribution < 1.29 is 9.53 Å². The summed E-state index contributed by atoms with van der Waals surface area (Å²) in [6.07, 6.45) is -0.226. The Bertz CT molecular complexity index is 933. The number of carbonyl (C=O) groups excluding carboxylic acids is 1. The molecule has 0 aliphatic carbocycles. The molecule has 4 nitrogen and oxygen atoms in total. The van der Waals surface area contributed by atoms with E-state index in [1.165, 1.54) is 4.88 Å². The summed E-state index contributed by atoms with van der Waals surface area (Å²) in [7, 11) is 0. The molecule has 3 aromatic rings. The minimum Gasteiger partial charge on any atom is -0.489 e. The van der Waals surface area contributed by atoms with Gasteiger partial charge in [-0.1, -0.05) is 42.5 Å². The zero-order valence-electron chi connectivity index (χ0n) is 14.7. The first-order valence-corrected chi connectivity index (χ1v) is 9.37. The Kier molecular flexibility index (Phi) is 4.39. The lowest BCUT2D eigenvalue weighted by molar-refractivity contribution is 0.0936. The highest BCUT2D eigenvalue weighted by molar-refractivity contribution is 7.16. The molecule has 2 N–H and O–H groups in total. The van der Waals surface area contributed by atoms with Crippen LogP contribution in [-0.2, 0) is 6.61 Å². The topological polar surface area (TPSA) is 50.4 Å².